The fourth-order valence-electron chi connectivity index (χ4n) is 6.93. The average molecular weight is 671 g/mol. The second kappa shape index (κ2) is 13.7. The van der Waals surface area contributed by atoms with Gasteiger partial charge in [0.25, 0.3) is 0 Å². The van der Waals surface area contributed by atoms with Crippen LogP contribution in [0.2, 0.25) is 0 Å². The summed E-state index contributed by atoms with van der Waals surface area (Å²) in [5, 5.41) is 1.88. The number of nitrogens with zero attached hydrogens (tertiary/aromatic N) is 4. The smallest absolute Gasteiger partial charge is 0.164 e. The van der Waals surface area contributed by atoms with Crippen LogP contribution in [0.3, 0.4) is 0 Å². The number of benzene rings is 7. The molecule has 0 aliphatic carbocycles. The first kappa shape index (κ1) is 30.9. The van der Waals surface area contributed by atoms with E-state index >= 15 is 0 Å². The Morgan fingerprint density at radius 1 is 0.365 bits per heavy atom. The molecule has 0 N–H and O–H groups in total. The number of para-hydroxylation sites is 6. The predicted molar refractivity (Wildman–Crippen MR) is 216 cm³/mol. The largest absolute Gasteiger partial charge is 0.454 e. The Morgan fingerprint density at radius 3 is 1.17 bits per heavy atom. The van der Waals surface area contributed by atoms with E-state index in [1.807, 2.05) is 42.6 Å². The summed E-state index contributed by atoms with van der Waals surface area (Å²) in [5.41, 5.74) is 9.52. The Labute approximate surface area is 302 Å². The van der Waals surface area contributed by atoms with E-state index in [-0.39, 0.29) is 0 Å². The summed E-state index contributed by atoms with van der Waals surface area (Å²) in [6.07, 6.45) is 1.94. The minimum absolute atomic E-state index is 0.743. The molecule has 0 fully saturated rings. The van der Waals surface area contributed by atoms with E-state index in [1.54, 1.807) is 0 Å². The SMILES string of the molecule is c1ccc(N(c2ccccc2)c2ccc3oc4c(N(c5ccccc5)c5ccccc5)cnc(N(c5ccccc5)c5ccccc5)c4c3c2)cc1. The summed E-state index contributed by atoms with van der Waals surface area (Å²) in [7, 11) is 0. The standard InChI is InChI=1S/C47H34N4O/c1-7-19-35(20-8-1)49(36-21-9-2-10-22-36)41-31-32-44-42(33-41)45-46(52-44)43(50(37-23-11-3-12-24-37)38-25-13-4-14-26-38)34-48-47(45)51(39-27-15-5-16-28-39)40-29-17-6-18-30-40/h1-34H. The van der Waals surface area contributed by atoms with Gasteiger partial charge in [-0.15, -0.1) is 0 Å². The van der Waals surface area contributed by atoms with Gasteiger partial charge in [-0.1, -0.05) is 109 Å². The summed E-state index contributed by atoms with van der Waals surface area (Å²) in [6.45, 7) is 0. The van der Waals surface area contributed by atoms with E-state index in [2.05, 4.69) is 178 Å². The summed E-state index contributed by atoms with van der Waals surface area (Å²) < 4.78 is 6.99. The molecule has 248 valence electrons. The maximum atomic E-state index is 6.99. The Kier molecular flexibility index (Phi) is 8.12. The molecule has 5 heteroatoms. The van der Waals surface area contributed by atoms with Gasteiger partial charge in [0.1, 0.15) is 17.1 Å². The van der Waals surface area contributed by atoms with Crippen molar-refractivity contribution in [3.8, 4) is 0 Å². The van der Waals surface area contributed by atoms with Gasteiger partial charge in [-0.3, -0.25) is 4.90 Å². The van der Waals surface area contributed by atoms with Crippen LogP contribution in [0.5, 0.6) is 0 Å². The first-order valence-corrected chi connectivity index (χ1v) is 17.4. The van der Waals surface area contributed by atoms with E-state index in [9.17, 15) is 0 Å². The lowest BCUT2D eigenvalue weighted by Crippen LogP contribution is -2.14. The lowest BCUT2D eigenvalue weighted by molar-refractivity contribution is 0.668. The minimum atomic E-state index is 0.743. The monoisotopic (exact) mass is 670 g/mol. The van der Waals surface area contributed by atoms with E-state index in [1.165, 1.54) is 0 Å². The van der Waals surface area contributed by atoms with Crippen LogP contribution < -0.4 is 14.7 Å². The van der Waals surface area contributed by atoms with Crippen molar-refractivity contribution in [3.05, 3.63) is 206 Å². The van der Waals surface area contributed by atoms with Gasteiger partial charge >= 0.3 is 0 Å². The molecule has 0 bridgehead atoms. The molecule has 0 aliphatic rings. The lowest BCUT2D eigenvalue weighted by atomic mass is 10.1. The van der Waals surface area contributed by atoms with Crippen LogP contribution in [0.1, 0.15) is 0 Å². The first-order valence-electron chi connectivity index (χ1n) is 17.4. The molecule has 0 spiro atoms. The van der Waals surface area contributed by atoms with E-state index in [4.69, 9.17) is 9.40 Å². The third-order valence-corrected chi connectivity index (χ3v) is 9.23. The third kappa shape index (κ3) is 5.70. The molecule has 0 atom stereocenters. The van der Waals surface area contributed by atoms with Crippen LogP contribution in [0, 0.1) is 0 Å². The highest BCUT2D eigenvalue weighted by Gasteiger charge is 2.27. The molecule has 2 heterocycles. The first-order chi connectivity index (χ1) is 25.8. The highest BCUT2D eigenvalue weighted by atomic mass is 16.3. The van der Waals surface area contributed by atoms with Gasteiger partial charge in [-0.05, 0) is 91.0 Å². The van der Waals surface area contributed by atoms with Gasteiger partial charge in [0.2, 0.25) is 0 Å². The Hall–Kier alpha value is -7.11. The van der Waals surface area contributed by atoms with Crippen molar-refractivity contribution in [2.75, 3.05) is 14.7 Å². The zero-order valence-electron chi connectivity index (χ0n) is 28.3. The molecule has 0 radical (unpaired) electrons. The number of furan rings is 1. The molecule has 9 rings (SSSR count). The van der Waals surface area contributed by atoms with Crippen molar-refractivity contribution in [2.45, 2.75) is 0 Å². The van der Waals surface area contributed by atoms with Gasteiger partial charge < -0.3 is 14.2 Å². The van der Waals surface area contributed by atoms with Crippen molar-refractivity contribution in [1.29, 1.82) is 0 Å². The van der Waals surface area contributed by atoms with Crippen molar-refractivity contribution < 1.29 is 4.42 Å². The fraction of sp³-hybridized carbons (Fsp3) is 0. The van der Waals surface area contributed by atoms with Gasteiger partial charge in [0.15, 0.2) is 5.58 Å². The van der Waals surface area contributed by atoms with Gasteiger partial charge in [-0.25, -0.2) is 4.98 Å². The molecule has 2 aromatic heterocycles. The Balaban J connectivity index is 1.36. The number of pyridine rings is 1. The van der Waals surface area contributed by atoms with Crippen molar-refractivity contribution in [1.82, 2.24) is 4.98 Å². The maximum Gasteiger partial charge on any atom is 0.164 e. The number of aromatic nitrogens is 1. The minimum Gasteiger partial charge on any atom is -0.454 e. The Morgan fingerprint density at radius 2 is 0.750 bits per heavy atom. The summed E-state index contributed by atoms with van der Waals surface area (Å²) >= 11 is 0. The molecule has 0 aliphatic heterocycles. The van der Waals surface area contributed by atoms with Crippen molar-refractivity contribution >= 4 is 73.3 Å². The number of hydrogen-bond donors (Lipinski definition) is 0. The normalized spacial score (nSPS) is 11.1. The topological polar surface area (TPSA) is 35.8 Å². The van der Waals surface area contributed by atoms with Gasteiger partial charge in [0.05, 0.1) is 11.6 Å². The number of rotatable bonds is 9. The molecule has 0 amide bonds. The van der Waals surface area contributed by atoms with Crippen molar-refractivity contribution in [2.24, 2.45) is 0 Å². The molecule has 9 aromatic rings. The molecule has 0 unspecified atom stereocenters. The number of anilines is 9. The summed E-state index contributed by atoms with van der Waals surface area (Å²) in [5.74, 6) is 0.777. The molecule has 52 heavy (non-hydrogen) atoms. The fourth-order valence-corrected chi connectivity index (χ4v) is 6.93. The number of fused-ring (bicyclic) bond motifs is 3. The molecule has 7 aromatic carbocycles. The highest BCUT2D eigenvalue weighted by Crippen LogP contribution is 2.48. The summed E-state index contributed by atoms with van der Waals surface area (Å²) in [4.78, 5) is 12.1. The third-order valence-electron chi connectivity index (χ3n) is 9.23. The van der Waals surface area contributed by atoms with Crippen LogP contribution in [0.4, 0.5) is 51.3 Å². The van der Waals surface area contributed by atoms with Crippen LogP contribution in [0.25, 0.3) is 21.9 Å². The molecular weight excluding hydrogens is 637 g/mol. The zero-order valence-corrected chi connectivity index (χ0v) is 28.3. The van der Waals surface area contributed by atoms with Crippen LogP contribution in [-0.4, -0.2) is 4.98 Å². The van der Waals surface area contributed by atoms with Crippen LogP contribution in [-0.2, 0) is 0 Å². The predicted octanol–water partition coefficient (Wildman–Crippen LogP) is 13.4. The van der Waals surface area contributed by atoms with E-state index in [0.717, 1.165) is 73.3 Å². The van der Waals surface area contributed by atoms with E-state index < -0.39 is 0 Å². The second-order valence-corrected chi connectivity index (χ2v) is 12.5. The van der Waals surface area contributed by atoms with Crippen LogP contribution >= 0.6 is 0 Å². The Bertz CT molecular complexity index is 2440. The quantitative estimate of drug-likeness (QED) is 0.153. The van der Waals surface area contributed by atoms with Crippen molar-refractivity contribution in [3.63, 3.8) is 0 Å². The van der Waals surface area contributed by atoms with E-state index in [0.29, 0.717) is 0 Å². The molecule has 0 saturated heterocycles. The molecule has 0 saturated carbocycles. The van der Waals surface area contributed by atoms with Gasteiger partial charge in [0, 0.05) is 45.2 Å². The second-order valence-electron chi connectivity index (χ2n) is 12.5. The zero-order chi connectivity index (χ0) is 34.7. The summed E-state index contributed by atoms with van der Waals surface area (Å²) in [6, 6.07) is 69.0. The lowest BCUT2D eigenvalue weighted by Gasteiger charge is -2.28. The number of hydrogen-bond acceptors (Lipinski definition) is 5. The van der Waals surface area contributed by atoms with Crippen LogP contribution in [0.15, 0.2) is 211 Å². The molecular formula is C47H34N4O. The maximum absolute atomic E-state index is 6.99. The average Bonchev–Trinajstić information content (AvgIpc) is 3.61. The highest BCUT2D eigenvalue weighted by molar-refractivity contribution is 6.17. The molecule has 5 nitrogen and oxygen atoms in total. The van der Waals surface area contributed by atoms with Gasteiger partial charge in [-0.2, -0.15) is 0 Å².